The summed E-state index contributed by atoms with van der Waals surface area (Å²) in [5.74, 6) is 0.795. The maximum atomic E-state index is 8.88. The van der Waals surface area contributed by atoms with Crippen LogP contribution in [-0.4, -0.2) is 12.1 Å². The first kappa shape index (κ1) is 10.7. The number of hydrogen-bond donors (Lipinski definition) is 0. The Balaban J connectivity index is 2.46. The zero-order valence-electron chi connectivity index (χ0n) is 9.02. The van der Waals surface area contributed by atoms with Crippen molar-refractivity contribution in [3.63, 3.8) is 0 Å². The van der Waals surface area contributed by atoms with E-state index in [1.54, 1.807) is 7.11 Å². The molecule has 2 rings (SSSR count). The molecule has 0 aliphatic carbocycles. The fourth-order valence-electron chi connectivity index (χ4n) is 1.38. The number of aryl methyl sites for hydroxylation is 1. The van der Waals surface area contributed by atoms with Crippen LogP contribution in [0.25, 0.3) is 10.6 Å². The summed E-state index contributed by atoms with van der Waals surface area (Å²) in [6.45, 7) is 1.85. The van der Waals surface area contributed by atoms with Crippen molar-refractivity contribution in [1.82, 2.24) is 4.98 Å². The highest BCUT2D eigenvalue weighted by Crippen LogP contribution is 2.29. The molecule has 4 heteroatoms. The van der Waals surface area contributed by atoms with Gasteiger partial charge in [-0.05, 0) is 19.1 Å². The number of ether oxygens (including phenoxy) is 1. The van der Waals surface area contributed by atoms with E-state index in [2.05, 4.69) is 11.1 Å². The highest BCUT2D eigenvalue weighted by atomic mass is 32.1. The fourth-order valence-corrected chi connectivity index (χ4v) is 2.24. The molecule has 0 spiro atoms. The van der Waals surface area contributed by atoms with Gasteiger partial charge in [0.25, 0.3) is 0 Å². The van der Waals surface area contributed by atoms with Crippen LogP contribution in [0.1, 0.15) is 10.6 Å². The van der Waals surface area contributed by atoms with E-state index in [4.69, 9.17) is 10.00 Å². The first-order valence-corrected chi connectivity index (χ1v) is 5.58. The molecule has 0 fully saturated rings. The van der Waals surface area contributed by atoms with Gasteiger partial charge >= 0.3 is 0 Å². The zero-order chi connectivity index (χ0) is 11.5. The van der Waals surface area contributed by atoms with Gasteiger partial charge in [0, 0.05) is 5.56 Å². The summed E-state index contributed by atoms with van der Waals surface area (Å²) in [6.07, 6.45) is 0. The molecule has 16 heavy (non-hydrogen) atoms. The SMILES string of the molecule is COc1cccc(-c2nc(C)c(C#N)s2)c1. The molecule has 1 aromatic heterocycles. The van der Waals surface area contributed by atoms with E-state index in [0.717, 1.165) is 22.0 Å². The second kappa shape index (κ2) is 4.33. The second-order valence-corrected chi connectivity index (χ2v) is 4.28. The number of thiazole rings is 1. The number of rotatable bonds is 2. The van der Waals surface area contributed by atoms with Gasteiger partial charge < -0.3 is 4.74 Å². The number of methoxy groups -OCH3 is 1. The molecule has 0 aliphatic rings. The smallest absolute Gasteiger partial charge is 0.128 e. The van der Waals surface area contributed by atoms with E-state index in [9.17, 15) is 0 Å². The average molecular weight is 230 g/mol. The molecule has 0 amide bonds. The lowest BCUT2D eigenvalue weighted by Crippen LogP contribution is -1.83. The summed E-state index contributed by atoms with van der Waals surface area (Å²) in [6, 6.07) is 9.81. The van der Waals surface area contributed by atoms with Gasteiger partial charge in [-0.25, -0.2) is 4.98 Å². The Labute approximate surface area is 97.9 Å². The highest BCUT2D eigenvalue weighted by molar-refractivity contribution is 7.15. The quantitative estimate of drug-likeness (QED) is 0.796. The monoisotopic (exact) mass is 230 g/mol. The number of nitrogens with zero attached hydrogens (tertiary/aromatic N) is 2. The molecule has 1 heterocycles. The van der Waals surface area contributed by atoms with Crippen LogP contribution in [0.15, 0.2) is 24.3 Å². The Morgan fingerprint density at radius 3 is 2.88 bits per heavy atom. The molecule has 0 atom stereocenters. The van der Waals surface area contributed by atoms with Gasteiger partial charge in [0.05, 0.1) is 12.8 Å². The Bertz CT molecular complexity index is 554. The number of nitriles is 1. The number of aromatic nitrogens is 1. The van der Waals surface area contributed by atoms with Crippen LogP contribution in [0.5, 0.6) is 5.75 Å². The van der Waals surface area contributed by atoms with Gasteiger partial charge in [0.15, 0.2) is 0 Å². The summed E-state index contributed by atoms with van der Waals surface area (Å²) >= 11 is 1.40. The van der Waals surface area contributed by atoms with Crippen LogP contribution in [0, 0.1) is 18.3 Å². The van der Waals surface area contributed by atoms with Crippen molar-refractivity contribution in [2.75, 3.05) is 7.11 Å². The largest absolute Gasteiger partial charge is 0.497 e. The molecule has 1 aromatic carbocycles. The average Bonchev–Trinajstić information content (AvgIpc) is 2.71. The molecule has 0 N–H and O–H groups in total. The maximum absolute atomic E-state index is 8.88. The first-order valence-electron chi connectivity index (χ1n) is 4.76. The lowest BCUT2D eigenvalue weighted by atomic mass is 10.2. The molecule has 0 bridgehead atoms. The Morgan fingerprint density at radius 2 is 2.25 bits per heavy atom. The van der Waals surface area contributed by atoms with Gasteiger partial charge in [0.2, 0.25) is 0 Å². The topological polar surface area (TPSA) is 45.9 Å². The third-order valence-electron chi connectivity index (χ3n) is 2.21. The fraction of sp³-hybridized carbons (Fsp3) is 0.167. The van der Waals surface area contributed by atoms with Crippen LogP contribution in [-0.2, 0) is 0 Å². The zero-order valence-corrected chi connectivity index (χ0v) is 9.84. The maximum Gasteiger partial charge on any atom is 0.128 e. The Morgan fingerprint density at radius 1 is 1.44 bits per heavy atom. The van der Waals surface area contributed by atoms with E-state index in [-0.39, 0.29) is 0 Å². The minimum atomic E-state index is 0.665. The third-order valence-corrected chi connectivity index (χ3v) is 3.33. The van der Waals surface area contributed by atoms with E-state index in [1.807, 2.05) is 31.2 Å². The number of hydrogen-bond acceptors (Lipinski definition) is 4. The molecule has 0 unspecified atom stereocenters. The predicted molar refractivity (Wildman–Crippen MR) is 63.6 cm³/mol. The van der Waals surface area contributed by atoms with Crippen LogP contribution >= 0.6 is 11.3 Å². The molecule has 80 valence electrons. The summed E-state index contributed by atoms with van der Waals surface area (Å²) in [5, 5.41) is 9.73. The molecule has 2 aromatic rings. The normalized spacial score (nSPS) is 9.81. The van der Waals surface area contributed by atoms with Crippen molar-refractivity contribution in [2.24, 2.45) is 0 Å². The van der Waals surface area contributed by atoms with Crippen LogP contribution in [0.4, 0.5) is 0 Å². The van der Waals surface area contributed by atoms with Gasteiger partial charge in [-0.1, -0.05) is 12.1 Å². The first-order chi connectivity index (χ1) is 7.74. The second-order valence-electron chi connectivity index (χ2n) is 3.28. The lowest BCUT2D eigenvalue weighted by molar-refractivity contribution is 0.415. The standard InChI is InChI=1S/C12H10N2OS/c1-8-11(7-13)16-12(14-8)9-4-3-5-10(6-9)15-2/h3-6H,1-2H3. The van der Waals surface area contributed by atoms with Crippen molar-refractivity contribution < 1.29 is 4.74 Å². The van der Waals surface area contributed by atoms with Crippen LogP contribution in [0.2, 0.25) is 0 Å². The molecule has 0 aliphatic heterocycles. The minimum absolute atomic E-state index is 0.665. The van der Waals surface area contributed by atoms with Crippen LogP contribution < -0.4 is 4.74 Å². The third kappa shape index (κ3) is 1.90. The molecular formula is C12H10N2OS. The van der Waals surface area contributed by atoms with E-state index >= 15 is 0 Å². The number of benzene rings is 1. The van der Waals surface area contributed by atoms with Crippen molar-refractivity contribution in [2.45, 2.75) is 6.92 Å². The highest BCUT2D eigenvalue weighted by Gasteiger charge is 2.09. The predicted octanol–water partition coefficient (Wildman–Crippen LogP) is 3.00. The molecule has 0 saturated heterocycles. The van der Waals surface area contributed by atoms with E-state index < -0.39 is 0 Å². The van der Waals surface area contributed by atoms with E-state index in [1.165, 1.54) is 11.3 Å². The van der Waals surface area contributed by atoms with Gasteiger partial charge in [-0.2, -0.15) is 5.26 Å². The Kier molecular flexibility index (Phi) is 2.88. The Hall–Kier alpha value is -1.86. The lowest BCUT2D eigenvalue weighted by Gasteiger charge is -2.00. The van der Waals surface area contributed by atoms with Gasteiger partial charge in [-0.3, -0.25) is 0 Å². The summed E-state index contributed by atoms with van der Waals surface area (Å²) in [4.78, 5) is 5.03. The molecule has 0 radical (unpaired) electrons. The molecule has 3 nitrogen and oxygen atoms in total. The van der Waals surface area contributed by atoms with E-state index in [0.29, 0.717) is 4.88 Å². The van der Waals surface area contributed by atoms with Crippen LogP contribution in [0.3, 0.4) is 0 Å². The van der Waals surface area contributed by atoms with Crippen molar-refractivity contribution in [1.29, 1.82) is 5.26 Å². The van der Waals surface area contributed by atoms with Crippen molar-refractivity contribution >= 4 is 11.3 Å². The molecular weight excluding hydrogens is 220 g/mol. The summed E-state index contributed by atoms with van der Waals surface area (Å²) in [5.41, 5.74) is 1.76. The van der Waals surface area contributed by atoms with Gasteiger partial charge in [0.1, 0.15) is 21.7 Å². The summed E-state index contributed by atoms with van der Waals surface area (Å²) < 4.78 is 5.15. The van der Waals surface area contributed by atoms with Crippen molar-refractivity contribution in [3.8, 4) is 22.4 Å². The minimum Gasteiger partial charge on any atom is -0.497 e. The van der Waals surface area contributed by atoms with Gasteiger partial charge in [-0.15, -0.1) is 11.3 Å². The molecule has 0 saturated carbocycles. The summed E-state index contributed by atoms with van der Waals surface area (Å²) in [7, 11) is 1.63. The van der Waals surface area contributed by atoms with Crippen molar-refractivity contribution in [3.05, 3.63) is 34.8 Å².